The normalized spacial score (nSPS) is 10.2. The summed E-state index contributed by atoms with van der Waals surface area (Å²) in [5.74, 6) is -1.12. The Bertz CT molecular complexity index is 434. The fourth-order valence-electron chi connectivity index (χ4n) is 1.45. The van der Waals surface area contributed by atoms with Crippen molar-refractivity contribution in [2.45, 2.75) is 6.54 Å². The number of hydrogen-bond acceptors (Lipinski definition) is 4. The Hall–Kier alpha value is -1.92. The maximum absolute atomic E-state index is 11.5. The van der Waals surface area contributed by atoms with Crippen molar-refractivity contribution in [2.24, 2.45) is 0 Å². The van der Waals surface area contributed by atoms with Gasteiger partial charge in [-0.25, -0.2) is 4.79 Å². The summed E-state index contributed by atoms with van der Waals surface area (Å²) in [4.78, 5) is 22.3. The van der Waals surface area contributed by atoms with Crippen molar-refractivity contribution in [1.82, 2.24) is 10.6 Å². The fraction of sp³-hybridized carbons (Fsp3) is 0.385. The van der Waals surface area contributed by atoms with E-state index in [-0.39, 0.29) is 18.0 Å². The molecule has 3 N–H and O–H groups in total. The minimum Gasteiger partial charge on any atom is -0.478 e. The molecule has 104 valence electrons. The van der Waals surface area contributed by atoms with Crippen LogP contribution in [0, 0.1) is 0 Å². The van der Waals surface area contributed by atoms with Crippen molar-refractivity contribution in [1.29, 1.82) is 0 Å². The summed E-state index contributed by atoms with van der Waals surface area (Å²) >= 11 is 0. The third-order valence-electron chi connectivity index (χ3n) is 2.43. The van der Waals surface area contributed by atoms with Gasteiger partial charge < -0.3 is 20.5 Å². The zero-order chi connectivity index (χ0) is 14.1. The van der Waals surface area contributed by atoms with E-state index in [2.05, 4.69) is 10.6 Å². The Morgan fingerprint density at radius 1 is 1.37 bits per heavy atom. The number of rotatable bonds is 8. The van der Waals surface area contributed by atoms with Crippen LogP contribution in [0.2, 0.25) is 0 Å². The molecule has 1 rings (SSSR count). The lowest BCUT2D eigenvalue weighted by atomic mass is 10.1. The van der Waals surface area contributed by atoms with Crippen molar-refractivity contribution in [3.05, 3.63) is 35.4 Å². The SMILES string of the molecule is COCCNCC(=O)NCc1cccc(C(=O)O)c1. The summed E-state index contributed by atoms with van der Waals surface area (Å²) in [5, 5.41) is 14.5. The minimum atomic E-state index is -0.977. The second-order valence-corrected chi connectivity index (χ2v) is 3.95. The van der Waals surface area contributed by atoms with Crippen molar-refractivity contribution in [3.8, 4) is 0 Å². The number of carbonyl (C=O) groups excluding carboxylic acids is 1. The van der Waals surface area contributed by atoms with Gasteiger partial charge in [-0.15, -0.1) is 0 Å². The first-order valence-electron chi connectivity index (χ1n) is 5.92. The molecular formula is C13H18N2O4. The number of carbonyl (C=O) groups is 2. The smallest absolute Gasteiger partial charge is 0.335 e. The quantitative estimate of drug-likeness (QED) is 0.587. The second kappa shape index (κ2) is 8.23. The monoisotopic (exact) mass is 266 g/mol. The Labute approximate surface area is 111 Å². The highest BCUT2D eigenvalue weighted by Gasteiger charge is 2.04. The maximum Gasteiger partial charge on any atom is 0.335 e. The van der Waals surface area contributed by atoms with E-state index < -0.39 is 5.97 Å². The van der Waals surface area contributed by atoms with E-state index >= 15 is 0 Å². The molecule has 0 aliphatic carbocycles. The third kappa shape index (κ3) is 5.98. The zero-order valence-electron chi connectivity index (χ0n) is 10.8. The maximum atomic E-state index is 11.5. The number of aromatic carboxylic acids is 1. The van der Waals surface area contributed by atoms with E-state index in [1.807, 2.05) is 0 Å². The largest absolute Gasteiger partial charge is 0.478 e. The molecular weight excluding hydrogens is 248 g/mol. The van der Waals surface area contributed by atoms with Gasteiger partial charge in [0.25, 0.3) is 0 Å². The van der Waals surface area contributed by atoms with E-state index in [0.717, 1.165) is 5.56 Å². The molecule has 6 nitrogen and oxygen atoms in total. The van der Waals surface area contributed by atoms with Crippen molar-refractivity contribution < 1.29 is 19.4 Å². The lowest BCUT2D eigenvalue weighted by Crippen LogP contribution is -2.34. The number of benzene rings is 1. The molecule has 1 aromatic carbocycles. The molecule has 0 spiro atoms. The highest BCUT2D eigenvalue weighted by Crippen LogP contribution is 2.04. The predicted octanol–water partition coefficient (Wildman–Crippen LogP) is 0.237. The van der Waals surface area contributed by atoms with Crippen LogP contribution in [-0.4, -0.2) is 43.8 Å². The molecule has 0 saturated carbocycles. The molecule has 0 radical (unpaired) electrons. The van der Waals surface area contributed by atoms with Gasteiger partial charge in [-0.05, 0) is 17.7 Å². The van der Waals surface area contributed by atoms with E-state index in [0.29, 0.717) is 19.7 Å². The number of nitrogens with one attached hydrogen (secondary N) is 2. The zero-order valence-corrected chi connectivity index (χ0v) is 10.8. The topological polar surface area (TPSA) is 87.7 Å². The average Bonchev–Trinajstić information content (AvgIpc) is 2.41. The molecule has 0 aromatic heterocycles. The van der Waals surface area contributed by atoms with Crippen molar-refractivity contribution >= 4 is 11.9 Å². The summed E-state index contributed by atoms with van der Waals surface area (Å²) in [6, 6.07) is 6.48. The van der Waals surface area contributed by atoms with E-state index in [4.69, 9.17) is 9.84 Å². The molecule has 0 aliphatic heterocycles. The van der Waals surface area contributed by atoms with Crippen LogP contribution in [0.4, 0.5) is 0 Å². The molecule has 1 aromatic rings. The first kappa shape index (κ1) is 15.1. The molecule has 19 heavy (non-hydrogen) atoms. The van der Waals surface area contributed by atoms with Crippen LogP contribution in [0.15, 0.2) is 24.3 Å². The van der Waals surface area contributed by atoms with Gasteiger partial charge in [0.2, 0.25) is 5.91 Å². The molecule has 1 amide bonds. The Balaban J connectivity index is 2.33. The third-order valence-corrected chi connectivity index (χ3v) is 2.43. The lowest BCUT2D eigenvalue weighted by molar-refractivity contribution is -0.120. The van der Waals surface area contributed by atoms with Crippen molar-refractivity contribution in [2.75, 3.05) is 26.8 Å². The van der Waals surface area contributed by atoms with Gasteiger partial charge in [-0.3, -0.25) is 4.79 Å². The highest BCUT2D eigenvalue weighted by atomic mass is 16.5. The molecule has 0 atom stereocenters. The molecule has 0 unspecified atom stereocenters. The number of ether oxygens (including phenoxy) is 1. The second-order valence-electron chi connectivity index (χ2n) is 3.95. The summed E-state index contributed by atoms with van der Waals surface area (Å²) < 4.78 is 4.84. The van der Waals surface area contributed by atoms with Crippen LogP contribution in [0.1, 0.15) is 15.9 Å². The number of carboxylic acid groups (broad SMARTS) is 1. The van der Waals surface area contributed by atoms with Gasteiger partial charge in [0.1, 0.15) is 0 Å². The van der Waals surface area contributed by atoms with Crippen LogP contribution < -0.4 is 10.6 Å². The Morgan fingerprint density at radius 2 is 2.16 bits per heavy atom. The number of amides is 1. The molecule has 0 bridgehead atoms. The summed E-state index contributed by atoms with van der Waals surface area (Å²) in [6.07, 6.45) is 0. The molecule has 0 aliphatic rings. The van der Waals surface area contributed by atoms with Crippen molar-refractivity contribution in [3.63, 3.8) is 0 Å². The van der Waals surface area contributed by atoms with E-state index in [9.17, 15) is 9.59 Å². The molecule has 0 heterocycles. The first-order chi connectivity index (χ1) is 9.13. The number of hydrogen-bond donors (Lipinski definition) is 3. The van der Waals surface area contributed by atoms with Crippen LogP contribution in [0.3, 0.4) is 0 Å². The van der Waals surface area contributed by atoms with Gasteiger partial charge >= 0.3 is 5.97 Å². The van der Waals surface area contributed by atoms with Crippen LogP contribution in [0.25, 0.3) is 0 Å². The highest BCUT2D eigenvalue weighted by molar-refractivity contribution is 5.87. The fourth-order valence-corrected chi connectivity index (χ4v) is 1.45. The molecule has 0 fully saturated rings. The first-order valence-corrected chi connectivity index (χ1v) is 5.92. The molecule has 6 heteroatoms. The minimum absolute atomic E-state index is 0.142. The molecule has 0 saturated heterocycles. The van der Waals surface area contributed by atoms with Gasteiger partial charge in [0.15, 0.2) is 0 Å². The Morgan fingerprint density at radius 3 is 2.84 bits per heavy atom. The predicted molar refractivity (Wildman–Crippen MR) is 70.0 cm³/mol. The van der Waals surface area contributed by atoms with Gasteiger partial charge in [-0.2, -0.15) is 0 Å². The standard InChI is InChI=1S/C13H18N2O4/c1-19-6-5-14-9-12(16)15-8-10-3-2-4-11(7-10)13(17)18/h2-4,7,14H,5-6,8-9H2,1H3,(H,15,16)(H,17,18). The van der Waals surface area contributed by atoms with Gasteiger partial charge in [-0.1, -0.05) is 12.1 Å². The summed E-state index contributed by atoms with van der Waals surface area (Å²) in [6.45, 7) is 1.68. The summed E-state index contributed by atoms with van der Waals surface area (Å²) in [7, 11) is 1.59. The average molecular weight is 266 g/mol. The van der Waals surface area contributed by atoms with E-state index in [1.165, 1.54) is 6.07 Å². The van der Waals surface area contributed by atoms with Crippen LogP contribution in [-0.2, 0) is 16.1 Å². The summed E-state index contributed by atoms with van der Waals surface area (Å²) in [5.41, 5.74) is 0.968. The van der Waals surface area contributed by atoms with Gasteiger partial charge in [0, 0.05) is 20.2 Å². The lowest BCUT2D eigenvalue weighted by Gasteiger charge is -2.07. The van der Waals surface area contributed by atoms with E-state index in [1.54, 1.807) is 25.3 Å². The van der Waals surface area contributed by atoms with Crippen LogP contribution >= 0.6 is 0 Å². The van der Waals surface area contributed by atoms with Gasteiger partial charge in [0.05, 0.1) is 18.7 Å². The van der Waals surface area contributed by atoms with Crippen LogP contribution in [0.5, 0.6) is 0 Å². The number of carboxylic acids is 1. The Kier molecular flexibility index (Phi) is 6.56. The number of methoxy groups -OCH3 is 1.